The third-order valence-corrected chi connectivity index (χ3v) is 6.05. The first-order valence-corrected chi connectivity index (χ1v) is 9.53. The third-order valence-electron chi connectivity index (χ3n) is 4.30. The highest BCUT2D eigenvalue weighted by Crippen LogP contribution is 2.23. The Balaban J connectivity index is 1.88. The van der Waals surface area contributed by atoms with Crippen molar-refractivity contribution in [1.29, 1.82) is 0 Å². The van der Waals surface area contributed by atoms with Crippen LogP contribution in [0.15, 0.2) is 36.7 Å². The molecule has 7 heteroatoms. The molecule has 1 aliphatic heterocycles. The minimum absolute atomic E-state index is 0.00117. The largest absolute Gasteiger partial charge is 0.295 e. The Labute approximate surface area is 135 Å². The minimum atomic E-state index is -2.94. The molecule has 1 aliphatic rings. The van der Waals surface area contributed by atoms with Gasteiger partial charge in [-0.1, -0.05) is 6.92 Å². The lowest BCUT2D eigenvalue weighted by molar-refractivity contribution is 0.214. The highest BCUT2D eigenvalue weighted by Gasteiger charge is 2.31. The van der Waals surface area contributed by atoms with Crippen LogP contribution < -0.4 is 0 Å². The smallest absolute Gasteiger partial charge is 0.151 e. The molecule has 0 unspecified atom stereocenters. The summed E-state index contributed by atoms with van der Waals surface area (Å²) in [7, 11) is -2.94. The van der Waals surface area contributed by atoms with Crippen molar-refractivity contribution in [2.75, 3.05) is 18.1 Å². The summed E-state index contributed by atoms with van der Waals surface area (Å²) in [6, 6.07) is 6.43. The number of sulfone groups is 1. The van der Waals surface area contributed by atoms with Gasteiger partial charge in [-0.3, -0.25) is 4.90 Å². The summed E-state index contributed by atoms with van der Waals surface area (Å²) in [4.78, 5) is 2.10. The van der Waals surface area contributed by atoms with Crippen LogP contribution in [0.1, 0.15) is 18.9 Å². The third kappa shape index (κ3) is 3.61. The molecule has 2 aromatic rings. The summed E-state index contributed by atoms with van der Waals surface area (Å²) in [6.07, 6.45) is 4.13. The van der Waals surface area contributed by atoms with E-state index in [1.165, 1.54) is 12.1 Å². The van der Waals surface area contributed by atoms with E-state index < -0.39 is 9.84 Å². The van der Waals surface area contributed by atoms with E-state index >= 15 is 0 Å². The first kappa shape index (κ1) is 16.1. The second-order valence-electron chi connectivity index (χ2n) is 5.84. The number of halogens is 1. The second kappa shape index (κ2) is 6.41. The van der Waals surface area contributed by atoms with E-state index in [1.54, 1.807) is 16.9 Å². The molecule has 124 valence electrons. The first-order chi connectivity index (χ1) is 11.0. The van der Waals surface area contributed by atoms with E-state index in [9.17, 15) is 12.8 Å². The zero-order chi connectivity index (χ0) is 16.4. The molecule has 0 aliphatic carbocycles. The Morgan fingerprint density at radius 2 is 2.26 bits per heavy atom. The lowest BCUT2D eigenvalue weighted by Gasteiger charge is -2.27. The van der Waals surface area contributed by atoms with Gasteiger partial charge in [0, 0.05) is 25.0 Å². The Morgan fingerprint density at radius 1 is 1.43 bits per heavy atom. The fourth-order valence-electron chi connectivity index (χ4n) is 3.10. The summed E-state index contributed by atoms with van der Waals surface area (Å²) in [5.74, 6) is 0.127. The zero-order valence-corrected chi connectivity index (χ0v) is 13.8. The van der Waals surface area contributed by atoms with Crippen molar-refractivity contribution >= 4 is 9.84 Å². The van der Waals surface area contributed by atoms with Crippen molar-refractivity contribution in [3.63, 3.8) is 0 Å². The van der Waals surface area contributed by atoms with Crippen LogP contribution in [0, 0.1) is 5.82 Å². The van der Waals surface area contributed by atoms with Crippen molar-refractivity contribution in [2.24, 2.45) is 0 Å². The van der Waals surface area contributed by atoms with Crippen LogP contribution in [-0.4, -0.2) is 47.2 Å². The summed E-state index contributed by atoms with van der Waals surface area (Å²) in [5.41, 5.74) is 1.62. The molecule has 0 saturated carbocycles. The van der Waals surface area contributed by atoms with Gasteiger partial charge in [0.05, 0.1) is 17.2 Å². The molecule has 1 atom stereocenters. The number of hydrogen-bond donors (Lipinski definition) is 0. The molecular formula is C16H20FN3O2S. The molecule has 0 spiro atoms. The van der Waals surface area contributed by atoms with Crippen LogP contribution in [0.25, 0.3) is 5.69 Å². The molecular weight excluding hydrogens is 317 g/mol. The average Bonchev–Trinajstić information content (AvgIpc) is 3.14. The highest BCUT2D eigenvalue weighted by molar-refractivity contribution is 7.91. The van der Waals surface area contributed by atoms with E-state index in [1.807, 2.05) is 19.2 Å². The summed E-state index contributed by atoms with van der Waals surface area (Å²) in [6.45, 7) is 3.22. The monoisotopic (exact) mass is 337 g/mol. The van der Waals surface area contributed by atoms with Gasteiger partial charge >= 0.3 is 0 Å². The van der Waals surface area contributed by atoms with Crippen LogP contribution >= 0.6 is 0 Å². The van der Waals surface area contributed by atoms with Crippen molar-refractivity contribution in [3.8, 4) is 5.69 Å². The quantitative estimate of drug-likeness (QED) is 0.838. The van der Waals surface area contributed by atoms with E-state index in [4.69, 9.17) is 0 Å². The maximum Gasteiger partial charge on any atom is 0.151 e. The van der Waals surface area contributed by atoms with Crippen LogP contribution in [0.5, 0.6) is 0 Å². The van der Waals surface area contributed by atoms with Crippen LogP contribution in [0.3, 0.4) is 0 Å². The van der Waals surface area contributed by atoms with Gasteiger partial charge < -0.3 is 0 Å². The normalized spacial score (nSPS) is 20.2. The second-order valence-corrected chi connectivity index (χ2v) is 8.07. The Kier molecular flexibility index (Phi) is 4.50. The van der Waals surface area contributed by atoms with E-state index in [0.29, 0.717) is 13.0 Å². The van der Waals surface area contributed by atoms with Gasteiger partial charge in [-0.25, -0.2) is 17.5 Å². The molecule has 1 aromatic carbocycles. The Morgan fingerprint density at radius 3 is 2.87 bits per heavy atom. The highest BCUT2D eigenvalue weighted by atomic mass is 32.2. The standard InChI is InChI=1S/C16H20FN3O2S/c1-2-19(15-6-9-23(21,22)12-15)11-13-10-14(17)4-5-16(13)20-8-3-7-18-20/h3-5,7-8,10,15H,2,6,9,11-12H2,1H3/t15-/m0/s1. The number of nitrogens with zero attached hydrogens (tertiary/aromatic N) is 3. The van der Waals surface area contributed by atoms with Gasteiger partial charge in [0.2, 0.25) is 0 Å². The topological polar surface area (TPSA) is 55.2 Å². The number of aromatic nitrogens is 2. The van der Waals surface area contributed by atoms with Crippen molar-refractivity contribution in [3.05, 3.63) is 48.0 Å². The molecule has 3 rings (SSSR count). The van der Waals surface area contributed by atoms with Crippen molar-refractivity contribution < 1.29 is 12.8 Å². The van der Waals surface area contributed by atoms with E-state index in [2.05, 4.69) is 10.00 Å². The van der Waals surface area contributed by atoms with E-state index in [0.717, 1.165) is 17.8 Å². The van der Waals surface area contributed by atoms with Crippen molar-refractivity contribution in [2.45, 2.75) is 25.9 Å². The van der Waals surface area contributed by atoms with Crippen LogP contribution in [0.4, 0.5) is 4.39 Å². The molecule has 2 heterocycles. The van der Waals surface area contributed by atoms with Gasteiger partial charge in [0.25, 0.3) is 0 Å². The Bertz CT molecular complexity index is 775. The molecule has 5 nitrogen and oxygen atoms in total. The van der Waals surface area contributed by atoms with Crippen LogP contribution in [0.2, 0.25) is 0 Å². The maximum absolute atomic E-state index is 13.7. The molecule has 1 aromatic heterocycles. The average molecular weight is 337 g/mol. The van der Waals surface area contributed by atoms with Gasteiger partial charge in [-0.05, 0) is 42.8 Å². The van der Waals surface area contributed by atoms with Gasteiger partial charge in [0.1, 0.15) is 5.82 Å². The molecule has 0 amide bonds. The van der Waals surface area contributed by atoms with Crippen molar-refractivity contribution in [1.82, 2.24) is 14.7 Å². The van der Waals surface area contributed by atoms with Crippen LogP contribution in [-0.2, 0) is 16.4 Å². The Hall–Kier alpha value is -1.73. The summed E-state index contributed by atoms with van der Waals surface area (Å²) >= 11 is 0. The minimum Gasteiger partial charge on any atom is -0.295 e. The SMILES string of the molecule is CCN(Cc1cc(F)ccc1-n1cccn1)[C@H]1CCS(=O)(=O)C1. The lowest BCUT2D eigenvalue weighted by atomic mass is 10.1. The predicted octanol–water partition coefficient (Wildman–Crippen LogP) is 2.02. The first-order valence-electron chi connectivity index (χ1n) is 7.71. The fraction of sp³-hybridized carbons (Fsp3) is 0.438. The molecule has 1 fully saturated rings. The number of benzene rings is 1. The zero-order valence-electron chi connectivity index (χ0n) is 13.0. The maximum atomic E-state index is 13.7. The van der Waals surface area contributed by atoms with Gasteiger partial charge in [-0.2, -0.15) is 5.10 Å². The predicted molar refractivity (Wildman–Crippen MR) is 86.7 cm³/mol. The molecule has 23 heavy (non-hydrogen) atoms. The van der Waals surface area contributed by atoms with E-state index in [-0.39, 0.29) is 23.4 Å². The van der Waals surface area contributed by atoms with Gasteiger partial charge in [0.15, 0.2) is 9.84 Å². The number of rotatable bonds is 5. The van der Waals surface area contributed by atoms with Gasteiger partial charge in [-0.15, -0.1) is 0 Å². The molecule has 0 radical (unpaired) electrons. The molecule has 0 N–H and O–H groups in total. The summed E-state index contributed by atoms with van der Waals surface area (Å²) in [5, 5.41) is 4.21. The molecule has 0 bridgehead atoms. The summed E-state index contributed by atoms with van der Waals surface area (Å²) < 4.78 is 38.8. The fourth-order valence-corrected chi connectivity index (χ4v) is 4.86. The number of hydrogen-bond acceptors (Lipinski definition) is 4. The lowest BCUT2D eigenvalue weighted by Crippen LogP contribution is -2.35. The molecule has 1 saturated heterocycles.